The molecular weight excluding hydrogens is 358 g/mol. The molecule has 2 aliphatic rings. The lowest BCUT2D eigenvalue weighted by Gasteiger charge is -2.28. The van der Waals surface area contributed by atoms with Crippen molar-refractivity contribution in [1.82, 2.24) is 4.90 Å². The molecule has 0 N–H and O–H groups in total. The molecule has 2 aliphatic heterocycles. The molecule has 2 heterocycles. The van der Waals surface area contributed by atoms with Crippen molar-refractivity contribution in [1.29, 1.82) is 0 Å². The van der Waals surface area contributed by atoms with Crippen molar-refractivity contribution < 1.29 is 13.9 Å². The van der Waals surface area contributed by atoms with Crippen LogP contribution in [0.5, 0.6) is 0 Å². The van der Waals surface area contributed by atoms with Gasteiger partial charge in [0.2, 0.25) is 0 Å². The number of halogens is 1. The second-order valence-corrected chi connectivity index (χ2v) is 9.33. The molecule has 0 aliphatic carbocycles. The molecule has 2 rings (SSSR count). The summed E-state index contributed by atoms with van der Waals surface area (Å²) < 4.78 is 25.0. The Morgan fingerprint density at radius 1 is 1.44 bits per heavy atom. The minimum Gasteiger partial charge on any atom is -0.469 e. The number of ether oxygens (including phenoxy) is 2. The highest BCUT2D eigenvalue weighted by Crippen LogP contribution is 2.22. The van der Waals surface area contributed by atoms with Gasteiger partial charge in [-0.15, -0.1) is 0 Å². The second kappa shape index (κ2) is 10.9. The summed E-state index contributed by atoms with van der Waals surface area (Å²) in [6, 6.07) is 0. The number of thioether (sulfide) groups is 1. The maximum Gasteiger partial charge on any atom is 0.250 e. The summed E-state index contributed by atoms with van der Waals surface area (Å²) >= 11 is 1.55. The standard InChI is InChI=1S/C18H32FN2O2PS/c1-15-7-10-21(11-8-16-6-3-4-12-22-16)9-5-13-25-17(20-15)23-14-18(2,19)24/h16H,1,3-14,24H2,2H3/t16-,18?/m1/s1. The molecule has 4 nitrogen and oxygen atoms in total. The molecular formula is C18H32FN2O2PS. The molecule has 0 saturated carbocycles. The number of nitrogens with zero attached hydrogens (tertiary/aromatic N) is 2. The maximum atomic E-state index is 13.6. The fourth-order valence-corrected chi connectivity index (χ4v) is 3.79. The molecule has 1 fully saturated rings. The third kappa shape index (κ3) is 9.37. The van der Waals surface area contributed by atoms with E-state index in [0.717, 1.165) is 57.0 Å². The van der Waals surface area contributed by atoms with E-state index >= 15 is 0 Å². The fraction of sp³-hybridized carbons (Fsp3) is 0.833. The van der Waals surface area contributed by atoms with Crippen LogP contribution < -0.4 is 0 Å². The first-order valence-corrected chi connectivity index (χ1v) is 10.8. The number of hydrogen-bond acceptors (Lipinski definition) is 5. The van der Waals surface area contributed by atoms with Gasteiger partial charge in [0, 0.05) is 37.6 Å². The van der Waals surface area contributed by atoms with E-state index in [1.807, 2.05) is 0 Å². The Labute approximate surface area is 158 Å². The molecule has 0 aromatic carbocycles. The summed E-state index contributed by atoms with van der Waals surface area (Å²) in [5.41, 5.74) is 0.799. The summed E-state index contributed by atoms with van der Waals surface area (Å²) in [6.07, 6.45) is 7.12. The molecule has 2 unspecified atom stereocenters. The van der Waals surface area contributed by atoms with E-state index < -0.39 is 5.41 Å². The van der Waals surface area contributed by atoms with Crippen LogP contribution in [0, 0.1) is 0 Å². The molecule has 0 spiro atoms. The van der Waals surface area contributed by atoms with Gasteiger partial charge < -0.3 is 14.4 Å². The number of hydrogen-bond donors (Lipinski definition) is 0. The average Bonchev–Trinajstić information content (AvgIpc) is 2.58. The summed E-state index contributed by atoms with van der Waals surface area (Å²) in [4.78, 5) is 6.95. The normalized spacial score (nSPS) is 26.6. The van der Waals surface area contributed by atoms with Crippen molar-refractivity contribution in [3.63, 3.8) is 0 Å². The van der Waals surface area contributed by atoms with Crippen LogP contribution in [0.2, 0.25) is 0 Å². The molecule has 7 heteroatoms. The van der Waals surface area contributed by atoms with Crippen LogP contribution in [0.4, 0.5) is 4.39 Å². The smallest absolute Gasteiger partial charge is 0.250 e. The Bertz CT molecular complexity index is 451. The molecule has 0 bridgehead atoms. The van der Waals surface area contributed by atoms with E-state index in [1.54, 1.807) is 11.8 Å². The lowest BCUT2D eigenvalue weighted by atomic mass is 10.1. The topological polar surface area (TPSA) is 34.1 Å². The highest BCUT2D eigenvalue weighted by molar-refractivity contribution is 8.13. The van der Waals surface area contributed by atoms with Crippen molar-refractivity contribution in [2.45, 2.75) is 57.0 Å². The van der Waals surface area contributed by atoms with Crippen molar-refractivity contribution >= 4 is 26.2 Å². The van der Waals surface area contributed by atoms with Crippen molar-refractivity contribution in [3.05, 3.63) is 12.3 Å². The summed E-state index contributed by atoms with van der Waals surface area (Å²) in [5, 5.41) is -0.891. The lowest BCUT2D eigenvalue weighted by Crippen LogP contribution is -2.32. The summed E-state index contributed by atoms with van der Waals surface area (Å²) in [5.74, 6) is 0.919. The Kier molecular flexibility index (Phi) is 9.18. The number of aliphatic imine (C=N–C) groups is 1. The Morgan fingerprint density at radius 3 is 3.00 bits per heavy atom. The van der Waals surface area contributed by atoms with E-state index in [9.17, 15) is 4.39 Å². The third-order valence-electron chi connectivity index (χ3n) is 4.33. The molecule has 144 valence electrons. The SMILES string of the molecule is C=C1CCN(CC[C@H]2CCCCO2)CCCSC(OCC(C)(F)P)=N1. The zero-order valence-electron chi connectivity index (χ0n) is 15.3. The molecule has 0 amide bonds. The van der Waals surface area contributed by atoms with Crippen LogP contribution in [0.25, 0.3) is 0 Å². The zero-order valence-corrected chi connectivity index (χ0v) is 17.3. The first-order valence-electron chi connectivity index (χ1n) is 9.26. The summed E-state index contributed by atoms with van der Waals surface area (Å²) in [6.45, 7) is 9.51. The van der Waals surface area contributed by atoms with Crippen molar-refractivity contribution in [3.8, 4) is 0 Å². The van der Waals surface area contributed by atoms with Gasteiger partial charge in [-0.05, 0) is 45.6 Å². The largest absolute Gasteiger partial charge is 0.469 e. The minimum atomic E-state index is -1.43. The van der Waals surface area contributed by atoms with Crippen molar-refractivity contribution in [2.75, 3.05) is 38.6 Å². The van der Waals surface area contributed by atoms with Gasteiger partial charge in [0.05, 0.1) is 6.10 Å². The van der Waals surface area contributed by atoms with Crippen LogP contribution in [0.15, 0.2) is 17.3 Å². The molecule has 0 aromatic rings. The molecule has 0 aromatic heterocycles. The van der Waals surface area contributed by atoms with Gasteiger partial charge in [-0.25, -0.2) is 9.38 Å². The van der Waals surface area contributed by atoms with Gasteiger partial charge in [-0.2, -0.15) is 0 Å². The van der Waals surface area contributed by atoms with Crippen LogP contribution >= 0.6 is 21.0 Å². The Balaban J connectivity index is 1.79. The van der Waals surface area contributed by atoms with Crippen molar-refractivity contribution in [2.24, 2.45) is 4.99 Å². The highest BCUT2D eigenvalue weighted by Gasteiger charge is 2.19. The predicted molar refractivity (Wildman–Crippen MR) is 108 cm³/mol. The fourth-order valence-electron chi connectivity index (χ4n) is 2.93. The third-order valence-corrected chi connectivity index (χ3v) is 5.44. The molecule has 3 atom stereocenters. The average molecular weight is 391 g/mol. The van der Waals surface area contributed by atoms with E-state index in [2.05, 4.69) is 25.7 Å². The Morgan fingerprint density at radius 2 is 2.28 bits per heavy atom. The van der Waals surface area contributed by atoms with Gasteiger partial charge in [0.1, 0.15) is 6.61 Å². The maximum absolute atomic E-state index is 13.6. The van der Waals surface area contributed by atoms with E-state index in [-0.39, 0.29) is 6.61 Å². The van der Waals surface area contributed by atoms with Crippen LogP contribution in [-0.4, -0.2) is 60.2 Å². The zero-order chi connectivity index (χ0) is 18.1. The minimum absolute atomic E-state index is 0.00963. The van der Waals surface area contributed by atoms with E-state index in [4.69, 9.17) is 9.47 Å². The number of rotatable bonds is 5. The lowest BCUT2D eigenvalue weighted by molar-refractivity contribution is 0.00557. The quantitative estimate of drug-likeness (QED) is 0.658. The highest BCUT2D eigenvalue weighted by atomic mass is 32.2. The van der Waals surface area contributed by atoms with Gasteiger partial charge in [0.15, 0.2) is 5.41 Å². The van der Waals surface area contributed by atoms with Crippen LogP contribution in [0.3, 0.4) is 0 Å². The predicted octanol–water partition coefficient (Wildman–Crippen LogP) is 4.22. The second-order valence-electron chi connectivity index (χ2n) is 7.08. The molecule has 0 radical (unpaired) electrons. The number of alkyl halides is 1. The van der Waals surface area contributed by atoms with Gasteiger partial charge in [-0.3, -0.25) is 0 Å². The van der Waals surface area contributed by atoms with Crippen LogP contribution in [-0.2, 0) is 9.47 Å². The van der Waals surface area contributed by atoms with E-state index in [0.29, 0.717) is 11.3 Å². The van der Waals surface area contributed by atoms with Gasteiger partial charge in [-0.1, -0.05) is 27.6 Å². The summed E-state index contributed by atoms with van der Waals surface area (Å²) in [7, 11) is 2.15. The Hall–Kier alpha value is -0.160. The van der Waals surface area contributed by atoms with Gasteiger partial charge >= 0.3 is 0 Å². The molecule has 25 heavy (non-hydrogen) atoms. The van der Waals surface area contributed by atoms with Crippen LogP contribution in [0.1, 0.15) is 45.4 Å². The monoisotopic (exact) mass is 390 g/mol. The first kappa shape index (κ1) is 21.1. The van der Waals surface area contributed by atoms with Gasteiger partial charge in [0.25, 0.3) is 5.23 Å². The van der Waals surface area contributed by atoms with E-state index in [1.165, 1.54) is 26.2 Å². The first-order chi connectivity index (χ1) is 11.9. The molecule has 1 saturated heterocycles.